The van der Waals surface area contributed by atoms with E-state index in [0.717, 1.165) is 27.2 Å². The standard InChI is InChI=1S/C23H18ClNO4/c24-21(22(26)27)25(15-8-2-1-3-9-15)23(28)29-14-20-18-12-6-4-10-16(18)17-11-5-7-13-19(17)20/h1-13,20-21H,14H2,(H,26,27)/t21-/m1/s1. The fourth-order valence-corrected chi connectivity index (χ4v) is 3.88. The van der Waals surface area contributed by atoms with Crippen LogP contribution in [0.3, 0.4) is 0 Å². The largest absolute Gasteiger partial charge is 0.479 e. The lowest BCUT2D eigenvalue weighted by Crippen LogP contribution is -2.42. The Hall–Kier alpha value is -3.31. The van der Waals surface area contributed by atoms with Crippen LogP contribution in [0.5, 0.6) is 0 Å². The molecule has 3 aromatic carbocycles. The molecule has 1 aliphatic carbocycles. The number of amides is 1. The van der Waals surface area contributed by atoms with Gasteiger partial charge in [0.2, 0.25) is 5.50 Å². The van der Waals surface area contributed by atoms with Gasteiger partial charge in [-0.1, -0.05) is 78.3 Å². The number of anilines is 1. The zero-order valence-electron chi connectivity index (χ0n) is 15.4. The monoisotopic (exact) mass is 407 g/mol. The molecule has 0 unspecified atom stereocenters. The number of carboxylic acids is 1. The van der Waals surface area contributed by atoms with Crippen molar-refractivity contribution in [2.75, 3.05) is 11.5 Å². The van der Waals surface area contributed by atoms with E-state index in [1.165, 1.54) is 0 Å². The molecular formula is C23H18ClNO4. The molecule has 4 rings (SSSR count). The molecule has 0 radical (unpaired) electrons. The van der Waals surface area contributed by atoms with Crippen LogP contribution in [0.25, 0.3) is 11.1 Å². The number of halogens is 1. The first kappa shape index (κ1) is 19.0. The molecule has 3 aromatic rings. The Kier molecular flexibility index (Phi) is 5.23. The second-order valence-corrected chi connectivity index (χ2v) is 7.10. The Morgan fingerprint density at radius 2 is 1.41 bits per heavy atom. The minimum absolute atomic E-state index is 0.0828. The zero-order valence-corrected chi connectivity index (χ0v) is 16.1. The average Bonchev–Trinajstić information content (AvgIpc) is 3.07. The van der Waals surface area contributed by atoms with E-state index in [0.29, 0.717) is 5.69 Å². The van der Waals surface area contributed by atoms with E-state index in [9.17, 15) is 14.7 Å². The molecule has 0 aliphatic heterocycles. The fourth-order valence-electron chi connectivity index (χ4n) is 3.69. The number of alkyl halides is 1. The molecule has 1 N–H and O–H groups in total. The van der Waals surface area contributed by atoms with E-state index in [2.05, 4.69) is 0 Å². The van der Waals surface area contributed by atoms with Gasteiger partial charge in [0.05, 0.1) is 0 Å². The van der Waals surface area contributed by atoms with Gasteiger partial charge in [-0.05, 0) is 34.4 Å². The number of fused-ring (bicyclic) bond motifs is 3. The highest BCUT2D eigenvalue weighted by atomic mass is 35.5. The van der Waals surface area contributed by atoms with Gasteiger partial charge in [0.1, 0.15) is 6.61 Å². The van der Waals surface area contributed by atoms with Gasteiger partial charge in [0, 0.05) is 11.6 Å². The Morgan fingerprint density at radius 3 is 1.97 bits per heavy atom. The van der Waals surface area contributed by atoms with Crippen molar-refractivity contribution in [3.8, 4) is 11.1 Å². The molecule has 146 valence electrons. The number of carboxylic acid groups (broad SMARTS) is 1. The normalized spacial score (nSPS) is 13.3. The summed E-state index contributed by atoms with van der Waals surface area (Å²) in [6.45, 7) is 0.0828. The van der Waals surface area contributed by atoms with E-state index in [1.807, 2.05) is 48.5 Å². The average molecular weight is 408 g/mol. The van der Waals surface area contributed by atoms with Crippen LogP contribution in [0.2, 0.25) is 0 Å². The first-order valence-electron chi connectivity index (χ1n) is 9.14. The lowest BCUT2D eigenvalue weighted by molar-refractivity contribution is -0.136. The van der Waals surface area contributed by atoms with Gasteiger partial charge in [0.25, 0.3) is 0 Å². The second kappa shape index (κ2) is 7.97. The maximum Gasteiger partial charge on any atom is 0.416 e. The molecule has 29 heavy (non-hydrogen) atoms. The van der Waals surface area contributed by atoms with Crippen LogP contribution in [0, 0.1) is 0 Å². The summed E-state index contributed by atoms with van der Waals surface area (Å²) < 4.78 is 5.57. The third-order valence-corrected chi connectivity index (χ3v) is 5.38. The summed E-state index contributed by atoms with van der Waals surface area (Å²) in [6.07, 6.45) is -0.805. The van der Waals surface area contributed by atoms with E-state index >= 15 is 0 Å². The van der Waals surface area contributed by atoms with Crippen molar-refractivity contribution in [3.63, 3.8) is 0 Å². The first-order chi connectivity index (χ1) is 14.1. The smallest absolute Gasteiger partial charge is 0.416 e. The molecule has 0 heterocycles. The number of hydrogen-bond acceptors (Lipinski definition) is 3. The molecule has 0 saturated carbocycles. The Labute approximate surface area is 173 Å². The molecule has 1 amide bonds. The van der Waals surface area contributed by atoms with Crippen LogP contribution in [-0.4, -0.2) is 29.3 Å². The third kappa shape index (κ3) is 3.57. The maximum absolute atomic E-state index is 12.8. The van der Waals surface area contributed by atoms with Gasteiger partial charge < -0.3 is 9.84 Å². The summed E-state index contributed by atoms with van der Waals surface area (Å²) in [6, 6.07) is 24.4. The van der Waals surface area contributed by atoms with Gasteiger partial charge in [-0.25, -0.2) is 14.5 Å². The third-order valence-electron chi connectivity index (χ3n) is 5.00. The fraction of sp³-hybridized carbons (Fsp3) is 0.130. The quantitative estimate of drug-likeness (QED) is 0.472. The van der Waals surface area contributed by atoms with E-state index in [-0.39, 0.29) is 12.5 Å². The van der Waals surface area contributed by atoms with Gasteiger partial charge >= 0.3 is 12.1 Å². The van der Waals surface area contributed by atoms with Gasteiger partial charge in [-0.3, -0.25) is 0 Å². The highest BCUT2D eigenvalue weighted by Crippen LogP contribution is 2.44. The van der Waals surface area contributed by atoms with Crippen molar-refractivity contribution >= 4 is 29.4 Å². The van der Waals surface area contributed by atoms with Gasteiger partial charge in [-0.2, -0.15) is 0 Å². The number of ether oxygens (including phenoxy) is 1. The number of carbonyl (C=O) groups is 2. The SMILES string of the molecule is O=C(O)[C@H](Cl)N(C(=O)OCC1c2ccccc2-c2ccccc21)c1ccccc1. The molecule has 0 bridgehead atoms. The predicted octanol–water partition coefficient (Wildman–Crippen LogP) is 5.09. The minimum Gasteiger partial charge on any atom is -0.479 e. The number of nitrogens with zero attached hydrogens (tertiary/aromatic N) is 1. The summed E-state index contributed by atoms with van der Waals surface area (Å²) in [7, 11) is 0. The van der Waals surface area contributed by atoms with Crippen LogP contribution in [0.1, 0.15) is 17.0 Å². The number of benzene rings is 3. The molecule has 0 fully saturated rings. The molecule has 1 atom stereocenters. The molecule has 0 aromatic heterocycles. The Morgan fingerprint density at radius 1 is 0.897 bits per heavy atom. The second-order valence-electron chi connectivity index (χ2n) is 6.68. The number of carbonyl (C=O) groups excluding carboxylic acids is 1. The Bertz CT molecular complexity index is 1010. The van der Waals surface area contributed by atoms with Crippen molar-refractivity contribution in [1.82, 2.24) is 0 Å². The predicted molar refractivity (Wildman–Crippen MR) is 111 cm³/mol. The number of aliphatic carboxylic acids is 1. The summed E-state index contributed by atoms with van der Waals surface area (Å²) >= 11 is 5.99. The number of rotatable bonds is 5. The summed E-state index contributed by atoms with van der Waals surface area (Å²) in [4.78, 5) is 25.2. The molecule has 6 heteroatoms. The molecule has 1 aliphatic rings. The zero-order chi connectivity index (χ0) is 20.4. The van der Waals surface area contributed by atoms with Crippen molar-refractivity contribution in [3.05, 3.63) is 90.0 Å². The first-order valence-corrected chi connectivity index (χ1v) is 9.57. The van der Waals surface area contributed by atoms with Crippen molar-refractivity contribution in [1.29, 1.82) is 0 Å². The number of hydrogen-bond donors (Lipinski definition) is 1. The van der Waals surface area contributed by atoms with Crippen molar-refractivity contribution in [2.24, 2.45) is 0 Å². The van der Waals surface area contributed by atoms with Crippen LogP contribution >= 0.6 is 11.6 Å². The highest BCUT2D eigenvalue weighted by Gasteiger charge is 2.33. The highest BCUT2D eigenvalue weighted by molar-refractivity contribution is 6.33. The lowest BCUT2D eigenvalue weighted by Gasteiger charge is -2.25. The molecule has 0 spiro atoms. The minimum atomic E-state index is -1.58. The van der Waals surface area contributed by atoms with Crippen molar-refractivity contribution in [2.45, 2.75) is 11.4 Å². The van der Waals surface area contributed by atoms with Crippen LogP contribution in [0.4, 0.5) is 10.5 Å². The van der Waals surface area contributed by atoms with Gasteiger partial charge in [0.15, 0.2) is 0 Å². The molecular weight excluding hydrogens is 390 g/mol. The maximum atomic E-state index is 12.8. The summed E-state index contributed by atoms with van der Waals surface area (Å²) in [5.41, 5.74) is 3.16. The molecule has 5 nitrogen and oxygen atoms in total. The Balaban J connectivity index is 1.59. The van der Waals surface area contributed by atoms with Crippen LogP contribution in [0.15, 0.2) is 78.9 Å². The van der Waals surface area contributed by atoms with Gasteiger partial charge in [-0.15, -0.1) is 0 Å². The topological polar surface area (TPSA) is 66.8 Å². The molecule has 0 saturated heterocycles. The van der Waals surface area contributed by atoms with Crippen molar-refractivity contribution < 1.29 is 19.4 Å². The summed E-state index contributed by atoms with van der Waals surface area (Å²) in [5.74, 6) is -1.45. The lowest BCUT2D eigenvalue weighted by atomic mass is 9.98. The van der Waals surface area contributed by atoms with E-state index in [4.69, 9.17) is 16.3 Å². The number of para-hydroxylation sites is 1. The summed E-state index contributed by atoms with van der Waals surface area (Å²) in [5, 5.41) is 9.32. The van der Waals surface area contributed by atoms with Crippen LogP contribution in [-0.2, 0) is 9.53 Å². The van der Waals surface area contributed by atoms with Crippen LogP contribution < -0.4 is 4.90 Å². The van der Waals surface area contributed by atoms with E-state index < -0.39 is 17.6 Å². The van der Waals surface area contributed by atoms with E-state index in [1.54, 1.807) is 30.3 Å².